The number of hydrogen-bond acceptors (Lipinski definition) is 3. The Morgan fingerprint density at radius 1 is 1.00 bits per heavy atom. The number of carbonyl (C=O) groups is 1. The predicted molar refractivity (Wildman–Crippen MR) is 88.7 cm³/mol. The van der Waals surface area contributed by atoms with Crippen molar-refractivity contribution in [2.45, 2.75) is 17.7 Å². The highest BCUT2D eigenvalue weighted by Crippen LogP contribution is 2.23. The summed E-state index contributed by atoms with van der Waals surface area (Å²) in [6, 6.07) is 8.64. The van der Waals surface area contributed by atoms with E-state index in [9.17, 15) is 22.0 Å². The molecule has 1 amide bonds. The van der Waals surface area contributed by atoms with Crippen LogP contribution < -0.4 is 5.32 Å². The van der Waals surface area contributed by atoms with E-state index in [0.29, 0.717) is 13.1 Å². The molecule has 1 fully saturated rings. The standard InChI is InChI=1S/C17H16F2N2O3S/c18-14-7-4-8-15(19)16(14)20-17(22)12-5-3-6-13(11-12)25(23,24)21-9-1-2-10-21/h3-8,11H,1-2,9-10H2,(H,20,22). The van der Waals surface area contributed by atoms with Crippen molar-refractivity contribution < 1.29 is 22.0 Å². The van der Waals surface area contributed by atoms with Gasteiger partial charge in [-0.25, -0.2) is 17.2 Å². The number of carbonyl (C=O) groups excluding carboxylic acids is 1. The van der Waals surface area contributed by atoms with Crippen LogP contribution in [0.15, 0.2) is 47.4 Å². The maximum absolute atomic E-state index is 13.6. The summed E-state index contributed by atoms with van der Waals surface area (Å²) in [4.78, 5) is 12.2. The Balaban J connectivity index is 1.87. The zero-order valence-electron chi connectivity index (χ0n) is 13.2. The summed E-state index contributed by atoms with van der Waals surface area (Å²) in [6.45, 7) is 0.887. The molecule has 1 saturated heterocycles. The first-order valence-corrected chi connectivity index (χ1v) is 9.19. The molecule has 0 unspecified atom stereocenters. The van der Waals surface area contributed by atoms with E-state index in [2.05, 4.69) is 5.32 Å². The van der Waals surface area contributed by atoms with Gasteiger partial charge in [-0.05, 0) is 43.2 Å². The van der Waals surface area contributed by atoms with E-state index in [0.717, 1.165) is 25.0 Å². The Kier molecular flexibility index (Phi) is 4.82. The van der Waals surface area contributed by atoms with Gasteiger partial charge in [0, 0.05) is 18.7 Å². The molecule has 0 radical (unpaired) electrons. The van der Waals surface area contributed by atoms with E-state index >= 15 is 0 Å². The van der Waals surface area contributed by atoms with Gasteiger partial charge in [-0.1, -0.05) is 12.1 Å². The summed E-state index contributed by atoms with van der Waals surface area (Å²) in [5.74, 6) is -2.61. The second-order valence-corrected chi connectivity index (χ2v) is 7.63. The molecule has 8 heteroatoms. The van der Waals surface area contributed by atoms with Crippen molar-refractivity contribution in [3.8, 4) is 0 Å². The highest BCUT2D eigenvalue weighted by molar-refractivity contribution is 7.89. The number of nitrogens with zero attached hydrogens (tertiary/aromatic N) is 1. The molecular formula is C17H16F2N2O3S. The predicted octanol–water partition coefficient (Wildman–Crippen LogP) is 3.00. The number of benzene rings is 2. The van der Waals surface area contributed by atoms with Crippen LogP contribution in [-0.4, -0.2) is 31.7 Å². The quantitative estimate of drug-likeness (QED) is 0.905. The average molecular weight is 366 g/mol. The number of rotatable bonds is 4. The van der Waals surface area contributed by atoms with Crippen LogP contribution in [0.1, 0.15) is 23.2 Å². The van der Waals surface area contributed by atoms with Crippen LogP contribution in [0, 0.1) is 11.6 Å². The Hall–Kier alpha value is -2.32. The van der Waals surface area contributed by atoms with Crippen LogP contribution in [0.3, 0.4) is 0 Å². The van der Waals surface area contributed by atoms with E-state index in [1.165, 1.54) is 34.6 Å². The monoisotopic (exact) mass is 366 g/mol. The largest absolute Gasteiger partial charge is 0.317 e. The molecule has 0 bridgehead atoms. The van der Waals surface area contributed by atoms with Gasteiger partial charge in [0.05, 0.1) is 4.90 Å². The molecule has 1 aliphatic heterocycles. The van der Waals surface area contributed by atoms with Gasteiger partial charge in [-0.15, -0.1) is 0 Å². The van der Waals surface area contributed by atoms with E-state index in [1.54, 1.807) is 0 Å². The molecule has 132 valence electrons. The van der Waals surface area contributed by atoms with Crippen LogP contribution >= 0.6 is 0 Å². The number of para-hydroxylation sites is 1. The van der Waals surface area contributed by atoms with Crippen LogP contribution in [0.25, 0.3) is 0 Å². The molecule has 1 aliphatic rings. The Morgan fingerprint density at radius 2 is 1.60 bits per heavy atom. The summed E-state index contributed by atoms with van der Waals surface area (Å²) in [6.07, 6.45) is 1.60. The first-order valence-electron chi connectivity index (χ1n) is 7.75. The minimum absolute atomic E-state index is 0.00271. The molecule has 3 rings (SSSR count). The lowest BCUT2D eigenvalue weighted by Crippen LogP contribution is -2.28. The van der Waals surface area contributed by atoms with Gasteiger partial charge in [-0.2, -0.15) is 4.31 Å². The highest BCUT2D eigenvalue weighted by Gasteiger charge is 2.27. The van der Waals surface area contributed by atoms with E-state index in [1.807, 2.05) is 0 Å². The number of sulfonamides is 1. The SMILES string of the molecule is O=C(Nc1c(F)cccc1F)c1cccc(S(=O)(=O)N2CCCC2)c1. The summed E-state index contributed by atoms with van der Waals surface area (Å²) in [5.41, 5.74) is -0.566. The van der Waals surface area contributed by atoms with Gasteiger partial charge in [0.1, 0.15) is 17.3 Å². The third kappa shape index (κ3) is 3.54. The van der Waals surface area contributed by atoms with Crippen molar-refractivity contribution in [2.24, 2.45) is 0 Å². The van der Waals surface area contributed by atoms with E-state index < -0.39 is 33.3 Å². The topological polar surface area (TPSA) is 66.5 Å². The maximum Gasteiger partial charge on any atom is 0.255 e. The zero-order chi connectivity index (χ0) is 18.0. The molecule has 25 heavy (non-hydrogen) atoms. The summed E-state index contributed by atoms with van der Waals surface area (Å²) >= 11 is 0. The highest BCUT2D eigenvalue weighted by atomic mass is 32.2. The van der Waals surface area contributed by atoms with Crippen molar-refractivity contribution in [3.05, 3.63) is 59.7 Å². The lowest BCUT2D eigenvalue weighted by Gasteiger charge is -2.16. The molecule has 2 aromatic rings. The Morgan fingerprint density at radius 3 is 2.24 bits per heavy atom. The van der Waals surface area contributed by atoms with E-state index in [4.69, 9.17) is 0 Å². The van der Waals surface area contributed by atoms with E-state index in [-0.39, 0.29) is 10.5 Å². The van der Waals surface area contributed by atoms with Gasteiger partial charge in [-0.3, -0.25) is 4.79 Å². The minimum atomic E-state index is -3.68. The number of hydrogen-bond donors (Lipinski definition) is 1. The lowest BCUT2D eigenvalue weighted by molar-refractivity contribution is 0.102. The first-order chi connectivity index (χ1) is 11.9. The van der Waals surface area contributed by atoms with Gasteiger partial charge < -0.3 is 5.32 Å². The van der Waals surface area contributed by atoms with Crippen LogP contribution in [0.2, 0.25) is 0 Å². The number of nitrogens with one attached hydrogen (secondary N) is 1. The molecule has 0 aromatic heterocycles. The third-order valence-electron chi connectivity index (χ3n) is 4.00. The molecule has 0 spiro atoms. The van der Waals surface area contributed by atoms with Crippen LogP contribution in [0.4, 0.5) is 14.5 Å². The van der Waals surface area contributed by atoms with Crippen LogP contribution in [0.5, 0.6) is 0 Å². The second-order valence-electron chi connectivity index (χ2n) is 5.69. The van der Waals surface area contributed by atoms with Crippen molar-refractivity contribution in [1.82, 2.24) is 4.31 Å². The molecule has 5 nitrogen and oxygen atoms in total. The number of amides is 1. The fourth-order valence-corrected chi connectivity index (χ4v) is 4.24. The fourth-order valence-electron chi connectivity index (χ4n) is 2.68. The first kappa shape index (κ1) is 17.5. The summed E-state index contributed by atoms with van der Waals surface area (Å²) in [5, 5.41) is 2.15. The van der Waals surface area contributed by atoms with Gasteiger partial charge >= 0.3 is 0 Å². The lowest BCUT2D eigenvalue weighted by atomic mass is 10.2. The molecule has 1 N–H and O–H groups in total. The maximum atomic E-state index is 13.6. The smallest absolute Gasteiger partial charge is 0.255 e. The molecule has 0 saturated carbocycles. The number of halogens is 2. The minimum Gasteiger partial charge on any atom is -0.317 e. The normalized spacial score (nSPS) is 15.3. The second kappa shape index (κ2) is 6.89. The molecule has 2 aromatic carbocycles. The van der Waals surface area contributed by atoms with Crippen molar-refractivity contribution in [2.75, 3.05) is 18.4 Å². The number of anilines is 1. The third-order valence-corrected chi connectivity index (χ3v) is 5.89. The van der Waals surface area contributed by atoms with Crippen molar-refractivity contribution in [1.29, 1.82) is 0 Å². The molecular weight excluding hydrogens is 350 g/mol. The zero-order valence-corrected chi connectivity index (χ0v) is 14.0. The summed E-state index contributed by atoms with van der Waals surface area (Å²) in [7, 11) is -3.68. The average Bonchev–Trinajstić information content (AvgIpc) is 3.14. The van der Waals surface area contributed by atoms with Gasteiger partial charge in [0.15, 0.2) is 0 Å². The summed E-state index contributed by atoms with van der Waals surface area (Å²) < 4.78 is 53.7. The van der Waals surface area contributed by atoms with Crippen LogP contribution in [-0.2, 0) is 10.0 Å². The Labute approximate surface area is 144 Å². The van der Waals surface area contributed by atoms with Gasteiger partial charge in [0.25, 0.3) is 5.91 Å². The Bertz CT molecular complexity index is 890. The fraction of sp³-hybridized carbons (Fsp3) is 0.235. The molecule has 0 aliphatic carbocycles. The van der Waals surface area contributed by atoms with Gasteiger partial charge in [0.2, 0.25) is 10.0 Å². The van der Waals surface area contributed by atoms with Crippen molar-refractivity contribution in [3.63, 3.8) is 0 Å². The van der Waals surface area contributed by atoms with Crippen molar-refractivity contribution >= 4 is 21.6 Å². The molecule has 1 heterocycles. The molecule has 0 atom stereocenters.